The Morgan fingerprint density at radius 3 is 2.42 bits per heavy atom. The molecule has 0 aliphatic carbocycles. The van der Waals surface area contributed by atoms with Crippen LogP contribution < -0.4 is 15.4 Å². The van der Waals surface area contributed by atoms with Crippen molar-refractivity contribution in [2.24, 2.45) is 0 Å². The number of carbonyl (C=O) groups is 2. The average molecular weight is 529 g/mol. The fourth-order valence-electron chi connectivity index (χ4n) is 2.68. The van der Waals surface area contributed by atoms with Crippen molar-refractivity contribution in [3.05, 3.63) is 93.2 Å². The first-order chi connectivity index (χ1) is 15.9. The van der Waals surface area contributed by atoms with Crippen LogP contribution in [0.4, 0.5) is 15.8 Å². The molecule has 0 aliphatic rings. The minimum absolute atomic E-state index is 0.0600. The smallest absolute Gasteiger partial charge is 0.266 e. The predicted octanol–water partition coefficient (Wildman–Crippen LogP) is 5.80. The molecule has 2 N–H and O–H groups in total. The van der Waals surface area contributed by atoms with Crippen LogP contribution in [0.3, 0.4) is 0 Å². The SMILES string of the molecule is N#C/C(=C\c1ccc(OCC(=O)Nc2ccccc2F)c(Br)c1)C(=O)Nc1ccccc1Cl. The fraction of sp³-hybridized carbons (Fsp3) is 0.0417. The highest BCUT2D eigenvalue weighted by Gasteiger charge is 2.13. The molecule has 166 valence electrons. The van der Waals surface area contributed by atoms with Gasteiger partial charge in [-0.1, -0.05) is 41.9 Å². The summed E-state index contributed by atoms with van der Waals surface area (Å²) >= 11 is 9.38. The largest absolute Gasteiger partial charge is 0.483 e. The van der Waals surface area contributed by atoms with E-state index in [1.54, 1.807) is 48.5 Å². The van der Waals surface area contributed by atoms with Gasteiger partial charge in [0.05, 0.1) is 20.9 Å². The zero-order chi connectivity index (χ0) is 23.8. The molecule has 0 aromatic heterocycles. The molecule has 33 heavy (non-hydrogen) atoms. The number of ether oxygens (including phenoxy) is 1. The van der Waals surface area contributed by atoms with Crippen LogP contribution in [-0.2, 0) is 9.59 Å². The summed E-state index contributed by atoms with van der Waals surface area (Å²) in [5, 5.41) is 14.8. The third-order valence-electron chi connectivity index (χ3n) is 4.26. The number of carbonyl (C=O) groups excluding carboxylic acids is 2. The van der Waals surface area contributed by atoms with Gasteiger partial charge in [-0.3, -0.25) is 9.59 Å². The highest BCUT2D eigenvalue weighted by atomic mass is 79.9. The first-order valence-corrected chi connectivity index (χ1v) is 10.7. The molecule has 2 amide bonds. The molecule has 0 fully saturated rings. The lowest BCUT2D eigenvalue weighted by molar-refractivity contribution is -0.118. The van der Waals surface area contributed by atoms with E-state index in [1.165, 1.54) is 24.3 Å². The standard InChI is InChI=1S/C24H16BrClFN3O3/c25-17-12-15(11-16(13-28)24(32)30-20-7-3-1-5-18(20)26)9-10-22(17)33-14-23(31)29-21-8-4-2-6-19(21)27/h1-12H,14H2,(H,29,31)(H,30,32)/b16-11+. The number of anilines is 2. The van der Waals surface area contributed by atoms with Crippen LogP contribution in [-0.4, -0.2) is 18.4 Å². The summed E-state index contributed by atoms with van der Waals surface area (Å²) in [6.07, 6.45) is 1.41. The van der Waals surface area contributed by atoms with E-state index >= 15 is 0 Å². The van der Waals surface area contributed by atoms with E-state index in [0.717, 1.165) is 0 Å². The van der Waals surface area contributed by atoms with Gasteiger partial charge in [-0.15, -0.1) is 0 Å². The van der Waals surface area contributed by atoms with Crippen molar-refractivity contribution in [1.82, 2.24) is 0 Å². The topological polar surface area (TPSA) is 91.2 Å². The zero-order valence-electron chi connectivity index (χ0n) is 16.9. The molecule has 0 atom stereocenters. The van der Waals surface area contributed by atoms with Gasteiger partial charge in [0.15, 0.2) is 6.61 Å². The van der Waals surface area contributed by atoms with Crippen molar-refractivity contribution in [2.45, 2.75) is 0 Å². The number of nitrogens with zero attached hydrogens (tertiary/aromatic N) is 1. The summed E-state index contributed by atoms with van der Waals surface area (Å²) < 4.78 is 19.6. The molecule has 3 rings (SSSR count). The molecule has 6 nitrogen and oxygen atoms in total. The summed E-state index contributed by atoms with van der Waals surface area (Å²) in [4.78, 5) is 24.5. The summed E-state index contributed by atoms with van der Waals surface area (Å²) in [6, 6.07) is 19.2. The normalized spacial score (nSPS) is 10.8. The van der Waals surface area contributed by atoms with Crippen molar-refractivity contribution < 1.29 is 18.7 Å². The van der Waals surface area contributed by atoms with Gasteiger partial charge in [-0.05, 0) is 64.0 Å². The minimum Gasteiger partial charge on any atom is -0.483 e. The Kier molecular flexibility index (Phi) is 8.19. The van der Waals surface area contributed by atoms with E-state index in [2.05, 4.69) is 26.6 Å². The van der Waals surface area contributed by atoms with Gasteiger partial charge in [0, 0.05) is 0 Å². The predicted molar refractivity (Wildman–Crippen MR) is 128 cm³/mol. The van der Waals surface area contributed by atoms with Crippen LogP contribution in [0.25, 0.3) is 6.08 Å². The maximum Gasteiger partial charge on any atom is 0.266 e. The average Bonchev–Trinajstić information content (AvgIpc) is 2.80. The number of rotatable bonds is 7. The van der Waals surface area contributed by atoms with Crippen LogP contribution in [0.1, 0.15) is 5.56 Å². The van der Waals surface area contributed by atoms with Crippen molar-refractivity contribution in [3.8, 4) is 11.8 Å². The van der Waals surface area contributed by atoms with E-state index in [9.17, 15) is 19.2 Å². The van der Waals surface area contributed by atoms with Crippen LogP contribution in [0, 0.1) is 17.1 Å². The molecule has 0 bridgehead atoms. The number of amides is 2. The lowest BCUT2D eigenvalue weighted by Crippen LogP contribution is -2.20. The molecule has 3 aromatic rings. The Morgan fingerprint density at radius 2 is 1.76 bits per heavy atom. The second-order valence-corrected chi connectivity index (χ2v) is 7.87. The fourth-order valence-corrected chi connectivity index (χ4v) is 3.38. The zero-order valence-corrected chi connectivity index (χ0v) is 19.3. The van der Waals surface area contributed by atoms with Crippen LogP contribution in [0.5, 0.6) is 5.75 Å². The summed E-state index contributed by atoms with van der Waals surface area (Å²) in [5.41, 5.74) is 0.879. The molecule has 0 unspecified atom stereocenters. The maximum atomic E-state index is 13.6. The summed E-state index contributed by atoms with van der Waals surface area (Å²) in [7, 11) is 0. The van der Waals surface area contributed by atoms with E-state index in [4.69, 9.17) is 16.3 Å². The van der Waals surface area contributed by atoms with Crippen LogP contribution in [0.15, 0.2) is 76.8 Å². The number of benzene rings is 3. The van der Waals surface area contributed by atoms with E-state index in [1.807, 2.05) is 6.07 Å². The van der Waals surface area contributed by atoms with Crippen LogP contribution >= 0.6 is 27.5 Å². The van der Waals surface area contributed by atoms with E-state index in [0.29, 0.717) is 26.5 Å². The number of halogens is 3. The Labute approximate surface area is 202 Å². The Morgan fingerprint density at radius 1 is 1.06 bits per heavy atom. The number of para-hydroxylation sites is 2. The molecule has 0 radical (unpaired) electrons. The lowest BCUT2D eigenvalue weighted by Gasteiger charge is -2.10. The number of nitriles is 1. The van der Waals surface area contributed by atoms with E-state index < -0.39 is 17.6 Å². The third-order valence-corrected chi connectivity index (χ3v) is 5.21. The van der Waals surface area contributed by atoms with Crippen molar-refractivity contribution in [1.29, 1.82) is 5.26 Å². The molecule has 9 heteroatoms. The van der Waals surface area contributed by atoms with Gasteiger partial charge < -0.3 is 15.4 Å². The molecule has 0 saturated carbocycles. The second kappa shape index (κ2) is 11.3. The van der Waals surface area contributed by atoms with Gasteiger partial charge in [-0.25, -0.2) is 4.39 Å². The molecule has 3 aromatic carbocycles. The quantitative estimate of drug-likeness (QED) is 0.299. The monoisotopic (exact) mass is 527 g/mol. The first kappa shape index (κ1) is 24.0. The van der Waals surface area contributed by atoms with Gasteiger partial charge in [0.25, 0.3) is 11.8 Å². The molecular weight excluding hydrogens is 513 g/mol. The molecule has 0 heterocycles. The molecule has 0 saturated heterocycles. The Balaban J connectivity index is 1.65. The lowest BCUT2D eigenvalue weighted by atomic mass is 10.1. The number of hydrogen-bond acceptors (Lipinski definition) is 4. The number of hydrogen-bond donors (Lipinski definition) is 2. The molecule has 0 aliphatic heterocycles. The first-order valence-electron chi connectivity index (χ1n) is 9.52. The van der Waals surface area contributed by atoms with Crippen molar-refractivity contribution in [3.63, 3.8) is 0 Å². The number of nitrogens with one attached hydrogen (secondary N) is 2. The highest BCUT2D eigenvalue weighted by molar-refractivity contribution is 9.10. The molecular formula is C24H16BrClFN3O3. The van der Waals surface area contributed by atoms with Gasteiger partial charge in [-0.2, -0.15) is 5.26 Å². The van der Waals surface area contributed by atoms with Gasteiger partial charge in [0.2, 0.25) is 0 Å². The minimum atomic E-state index is -0.605. The maximum absolute atomic E-state index is 13.6. The second-order valence-electron chi connectivity index (χ2n) is 6.61. The van der Waals surface area contributed by atoms with Crippen molar-refractivity contribution in [2.75, 3.05) is 17.2 Å². The Bertz CT molecular complexity index is 1270. The molecule has 0 spiro atoms. The Hall–Kier alpha value is -3.67. The van der Waals surface area contributed by atoms with Crippen molar-refractivity contribution >= 4 is 56.8 Å². The van der Waals surface area contributed by atoms with E-state index in [-0.39, 0.29) is 17.9 Å². The summed E-state index contributed by atoms with van der Waals surface area (Å²) in [5.74, 6) is -1.32. The summed E-state index contributed by atoms with van der Waals surface area (Å²) in [6.45, 7) is -0.341. The van der Waals surface area contributed by atoms with Crippen LogP contribution in [0.2, 0.25) is 5.02 Å². The third kappa shape index (κ3) is 6.65. The van der Waals surface area contributed by atoms with Gasteiger partial charge in [0.1, 0.15) is 23.2 Å². The highest BCUT2D eigenvalue weighted by Crippen LogP contribution is 2.27. The van der Waals surface area contributed by atoms with Gasteiger partial charge >= 0.3 is 0 Å².